The van der Waals surface area contributed by atoms with Crippen molar-refractivity contribution in [2.75, 3.05) is 16.8 Å². The first-order chi connectivity index (χ1) is 14.9. The van der Waals surface area contributed by atoms with Crippen LogP contribution in [-0.2, 0) is 19.4 Å². The van der Waals surface area contributed by atoms with Gasteiger partial charge in [-0.15, -0.1) is 0 Å². The lowest BCUT2D eigenvalue weighted by Gasteiger charge is -2.21. The van der Waals surface area contributed by atoms with Crippen molar-refractivity contribution in [1.82, 2.24) is 0 Å². The molecule has 2 amide bonds. The summed E-state index contributed by atoms with van der Waals surface area (Å²) in [4.78, 5) is 27.2. The van der Waals surface area contributed by atoms with Crippen molar-refractivity contribution in [3.63, 3.8) is 0 Å². The summed E-state index contributed by atoms with van der Waals surface area (Å²) in [7, 11) is -3.83. The monoisotopic (exact) mass is 434 g/mol. The van der Waals surface area contributed by atoms with Crippen LogP contribution in [0.4, 0.5) is 11.4 Å². The van der Waals surface area contributed by atoms with E-state index in [1.807, 2.05) is 19.1 Å². The van der Waals surface area contributed by atoms with E-state index in [9.17, 15) is 18.0 Å². The molecule has 0 aromatic heterocycles. The number of aryl methyl sites for hydroxylation is 1. The fraction of sp³-hybridized carbons (Fsp3) is 0.167. The molecule has 0 fully saturated rings. The Morgan fingerprint density at radius 3 is 2.32 bits per heavy atom. The summed E-state index contributed by atoms with van der Waals surface area (Å²) < 4.78 is 26.9. The maximum absolute atomic E-state index is 13.4. The molecule has 3 aromatic carbocycles. The average molecular weight is 435 g/mol. The molecule has 7 heteroatoms. The minimum Gasteiger partial charge on any atom is -0.325 e. The normalized spacial score (nSPS) is 17.5. The molecule has 158 valence electrons. The van der Waals surface area contributed by atoms with Gasteiger partial charge in [0.25, 0.3) is 0 Å². The van der Waals surface area contributed by atoms with Gasteiger partial charge in [-0.05, 0) is 36.8 Å². The van der Waals surface area contributed by atoms with Crippen LogP contribution in [0.25, 0.3) is 0 Å². The number of nitrogens with zero attached hydrogens (tertiary/aromatic N) is 1. The van der Waals surface area contributed by atoms with Crippen LogP contribution in [0.15, 0.2) is 83.8 Å². The van der Waals surface area contributed by atoms with E-state index in [0.29, 0.717) is 11.3 Å². The smallest absolute Gasteiger partial charge is 0.244 e. The van der Waals surface area contributed by atoms with Crippen LogP contribution in [0.2, 0.25) is 0 Å². The van der Waals surface area contributed by atoms with E-state index in [0.717, 1.165) is 5.56 Å². The van der Waals surface area contributed by atoms with Crippen LogP contribution in [0.1, 0.15) is 22.8 Å². The molecular formula is C24H22N2O4S. The first kappa shape index (κ1) is 20.8. The standard InChI is InChI=1S/C24H22N2O4S/c1-17-11-13-19(14-12-17)25-23(27)16-26-20-9-5-6-10-21(20)31(29,30)22(15-24(26)28)18-7-3-2-4-8-18/h2-14,22H,15-16H2,1H3,(H,25,27). The van der Waals surface area contributed by atoms with Gasteiger partial charge in [0.2, 0.25) is 11.8 Å². The Labute approximate surface area is 181 Å². The molecular weight excluding hydrogens is 412 g/mol. The summed E-state index contributed by atoms with van der Waals surface area (Å²) in [5, 5.41) is 1.76. The summed E-state index contributed by atoms with van der Waals surface area (Å²) in [5.74, 6) is -0.816. The molecule has 1 heterocycles. The second kappa shape index (κ2) is 8.35. The van der Waals surface area contributed by atoms with Crippen molar-refractivity contribution < 1.29 is 18.0 Å². The van der Waals surface area contributed by atoms with Crippen LogP contribution < -0.4 is 10.2 Å². The second-order valence-corrected chi connectivity index (χ2v) is 9.61. The molecule has 0 saturated carbocycles. The van der Waals surface area contributed by atoms with E-state index in [4.69, 9.17) is 0 Å². The van der Waals surface area contributed by atoms with Gasteiger partial charge in [-0.3, -0.25) is 9.59 Å². The number of hydrogen-bond acceptors (Lipinski definition) is 4. The maximum atomic E-state index is 13.4. The van der Waals surface area contributed by atoms with Gasteiger partial charge in [-0.2, -0.15) is 0 Å². The van der Waals surface area contributed by atoms with Crippen LogP contribution in [-0.4, -0.2) is 26.8 Å². The van der Waals surface area contributed by atoms with Crippen molar-refractivity contribution >= 4 is 33.0 Å². The summed E-state index contributed by atoms with van der Waals surface area (Å²) >= 11 is 0. The molecule has 0 aliphatic carbocycles. The molecule has 6 nitrogen and oxygen atoms in total. The van der Waals surface area contributed by atoms with E-state index in [1.165, 1.54) is 11.0 Å². The first-order valence-electron chi connectivity index (χ1n) is 9.91. The maximum Gasteiger partial charge on any atom is 0.244 e. The fourth-order valence-corrected chi connectivity index (χ4v) is 5.63. The largest absolute Gasteiger partial charge is 0.325 e. The Hall–Kier alpha value is -3.45. The van der Waals surface area contributed by atoms with E-state index in [2.05, 4.69) is 5.32 Å². The van der Waals surface area contributed by atoms with Crippen LogP contribution in [0.3, 0.4) is 0 Å². The predicted molar refractivity (Wildman–Crippen MR) is 120 cm³/mol. The molecule has 1 atom stereocenters. The topological polar surface area (TPSA) is 83.6 Å². The summed E-state index contributed by atoms with van der Waals surface area (Å²) in [6, 6.07) is 22.4. The van der Waals surface area contributed by atoms with Crippen molar-refractivity contribution in [2.24, 2.45) is 0 Å². The van der Waals surface area contributed by atoms with Gasteiger partial charge in [0.15, 0.2) is 9.84 Å². The first-order valence-corrected chi connectivity index (χ1v) is 11.5. The molecule has 0 radical (unpaired) electrons. The summed E-state index contributed by atoms with van der Waals surface area (Å²) in [5.41, 5.74) is 2.45. The van der Waals surface area contributed by atoms with Gasteiger partial charge >= 0.3 is 0 Å². The van der Waals surface area contributed by atoms with Crippen molar-refractivity contribution in [3.8, 4) is 0 Å². The second-order valence-electron chi connectivity index (χ2n) is 7.51. The molecule has 0 spiro atoms. The number of sulfone groups is 1. The number of carbonyl (C=O) groups is 2. The number of fused-ring (bicyclic) bond motifs is 1. The van der Waals surface area contributed by atoms with Crippen molar-refractivity contribution in [3.05, 3.63) is 90.0 Å². The number of hydrogen-bond donors (Lipinski definition) is 1. The van der Waals surface area contributed by atoms with Crippen LogP contribution in [0, 0.1) is 6.92 Å². The minimum absolute atomic E-state index is 0.0536. The lowest BCUT2D eigenvalue weighted by Crippen LogP contribution is -2.38. The van der Waals surface area contributed by atoms with Crippen LogP contribution >= 0.6 is 0 Å². The zero-order valence-corrected chi connectivity index (χ0v) is 17.8. The van der Waals surface area contributed by atoms with Crippen molar-refractivity contribution in [2.45, 2.75) is 23.5 Å². The molecule has 1 aliphatic heterocycles. The molecule has 1 aliphatic rings. The molecule has 0 saturated heterocycles. The van der Waals surface area contributed by atoms with Crippen molar-refractivity contribution in [1.29, 1.82) is 0 Å². The van der Waals surface area contributed by atoms with E-state index in [-0.39, 0.29) is 23.5 Å². The summed E-state index contributed by atoms with van der Waals surface area (Å²) in [6.45, 7) is 1.67. The highest BCUT2D eigenvalue weighted by atomic mass is 32.2. The third-order valence-electron chi connectivity index (χ3n) is 5.31. The van der Waals surface area contributed by atoms with Gasteiger partial charge in [-0.1, -0.05) is 60.2 Å². The van der Waals surface area contributed by atoms with Gasteiger partial charge in [0.05, 0.1) is 15.8 Å². The zero-order valence-electron chi connectivity index (χ0n) is 17.0. The number of rotatable bonds is 4. The summed E-state index contributed by atoms with van der Waals surface area (Å²) in [6.07, 6.45) is -0.237. The average Bonchev–Trinajstić information content (AvgIpc) is 2.85. The Bertz CT molecular complexity index is 1220. The Morgan fingerprint density at radius 2 is 1.61 bits per heavy atom. The third kappa shape index (κ3) is 4.22. The van der Waals surface area contributed by atoms with Gasteiger partial charge in [0.1, 0.15) is 6.54 Å². The van der Waals surface area contributed by atoms with E-state index >= 15 is 0 Å². The SMILES string of the molecule is Cc1ccc(NC(=O)CN2C(=O)CC(c3ccccc3)S(=O)(=O)c3ccccc32)cc1. The number of nitrogens with one attached hydrogen (secondary N) is 1. The zero-order chi connectivity index (χ0) is 22.0. The predicted octanol–water partition coefficient (Wildman–Crippen LogP) is 3.89. The molecule has 3 aromatic rings. The number of carbonyl (C=O) groups excluding carboxylic acids is 2. The molecule has 1 N–H and O–H groups in total. The lowest BCUT2D eigenvalue weighted by atomic mass is 10.1. The Kier molecular flexibility index (Phi) is 5.61. The van der Waals surface area contributed by atoms with Gasteiger partial charge in [0, 0.05) is 12.1 Å². The highest BCUT2D eigenvalue weighted by molar-refractivity contribution is 7.92. The number of para-hydroxylation sites is 1. The Balaban J connectivity index is 1.68. The third-order valence-corrected chi connectivity index (χ3v) is 7.45. The Morgan fingerprint density at radius 1 is 0.968 bits per heavy atom. The number of anilines is 2. The van der Waals surface area contributed by atoms with Gasteiger partial charge < -0.3 is 10.2 Å². The quantitative estimate of drug-likeness (QED) is 0.675. The number of benzene rings is 3. The lowest BCUT2D eigenvalue weighted by molar-refractivity contribution is -0.121. The fourth-order valence-electron chi connectivity index (χ4n) is 3.71. The van der Waals surface area contributed by atoms with E-state index < -0.39 is 26.9 Å². The van der Waals surface area contributed by atoms with Gasteiger partial charge in [-0.25, -0.2) is 8.42 Å². The van der Waals surface area contributed by atoms with E-state index in [1.54, 1.807) is 60.7 Å². The molecule has 31 heavy (non-hydrogen) atoms. The highest BCUT2D eigenvalue weighted by Gasteiger charge is 2.39. The molecule has 4 rings (SSSR count). The highest BCUT2D eigenvalue weighted by Crippen LogP contribution is 2.40. The molecule has 0 bridgehead atoms. The minimum atomic E-state index is -3.83. The molecule has 1 unspecified atom stereocenters. The number of amides is 2. The van der Waals surface area contributed by atoms with Crippen LogP contribution in [0.5, 0.6) is 0 Å².